The molecule has 0 spiro atoms. The zero-order valence-corrected chi connectivity index (χ0v) is 13.4. The van der Waals surface area contributed by atoms with Gasteiger partial charge in [0.1, 0.15) is 0 Å². The van der Waals surface area contributed by atoms with Crippen molar-refractivity contribution in [1.29, 1.82) is 0 Å². The van der Waals surface area contributed by atoms with E-state index in [1.165, 1.54) is 0 Å². The molecule has 1 fully saturated rings. The molecule has 4 heteroatoms. The number of piperidine rings is 1. The van der Waals surface area contributed by atoms with Gasteiger partial charge < -0.3 is 15.1 Å². The van der Waals surface area contributed by atoms with E-state index in [0.29, 0.717) is 6.04 Å². The van der Waals surface area contributed by atoms with Gasteiger partial charge in [-0.1, -0.05) is 26.0 Å². The van der Waals surface area contributed by atoms with Crippen molar-refractivity contribution >= 4 is 11.6 Å². The SMILES string of the molecule is CCN(CC)C1CCN(C(=O)c2ccccc2NC)CC1. The van der Waals surface area contributed by atoms with E-state index in [1.807, 2.05) is 36.2 Å². The molecule has 2 rings (SSSR count). The van der Waals surface area contributed by atoms with Gasteiger partial charge in [0.2, 0.25) is 0 Å². The number of rotatable bonds is 5. The van der Waals surface area contributed by atoms with Gasteiger partial charge in [-0.25, -0.2) is 0 Å². The van der Waals surface area contributed by atoms with E-state index in [2.05, 4.69) is 24.1 Å². The first-order valence-electron chi connectivity index (χ1n) is 8.01. The Kier molecular flexibility index (Phi) is 5.62. The molecule has 0 unspecified atom stereocenters. The summed E-state index contributed by atoms with van der Waals surface area (Å²) < 4.78 is 0. The fourth-order valence-corrected chi connectivity index (χ4v) is 3.23. The molecule has 1 N–H and O–H groups in total. The third-order valence-corrected chi connectivity index (χ3v) is 4.51. The van der Waals surface area contributed by atoms with Crippen LogP contribution in [0, 0.1) is 0 Å². The van der Waals surface area contributed by atoms with Gasteiger partial charge in [-0.15, -0.1) is 0 Å². The van der Waals surface area contributed by atoms with Crippen LogP contribution in [0.15, 0.2) is 24.3 Å². The molecule has 0 aliphatic carbocycles. The third-order valence-electron chi connectivity index (χ3n) is 4.51. The smallest absolute Gasteiger partial charge is 0.255 e. The molecule has 0 saturated carbocycles. The first kappa shape index (κ1) is 15.8. The molecule has 0 aromatic heterocycles. The lowest BCUT2D eigenvalue weighted by atomic mass is 10.0. The molecule has 0 atom stereocenters. The molecular weight excluding hydrogens is 262 g/mol. The number of nitrogens with one attached hydrogen (secondary N) is 1. The van der Waals surface area contributed by atoms with Gasteiger partial charge in [0.25, 0.3) is 5.91 Å². The Morgan fingerprint density at radius 2 is 1.86 bits per heavy atom. The maximum atomic E-state index is 12.7. The van der Waals surface area contributed by atoms with Crippen molar-refractivity contribution in [3.63, 3.8) is 0 Å². The highest BCUT2D eigenvalue weighted by Crippen LogP contribution is 2.21. The summed E-state index contributed by atoms with van der Waals surface area (Å²) in [5.41, 5.74) is 1.69. The van der Waals surface area contributed by atoms with E-state index in [-0.39, 0.29) is 5.91 Å². The number of nitrogens with zero attached hydrogens (tertiary/aromatic N) is 2. The summed E-state index contributed by atoms with van der Waals surface area (Å²) >= 11 is 0. The molecule has 1 amide bonds. The van der Waals surface area contributed by atoms with Gasteiger partial charge >= 0.3 is 0 Å². The zero-order valence-electron chi connectivity index (χ0n) is 13.4. The van der Waals surface area contributed by atoms with Gasteiger partial charge in [0, 0.05) is 31.9 Å². The van der Waals surface area contributed by atoms with E-state index in [1.54, 1.807) is 0 Å². The summed E-state index contributed by atoms with van der Waals surface area (Å²) in [5, 5.41) is 3.11. The predicted octanol–water partition coefficient (Wildman–Crippen LogP) is 2.67. The molecule has 4 nitrogen and oxygen atoms in total. The van der Waals surface area contributed by atoms with Crippen LogP contribution in [-0.4, -0.2) is 55.0 Å². The molecular formula is C17H27N3O. The van der Waals surface area contributed by atoms with Crippen molar-refractivity contribution in [3.8, 4) is 0 Å². The minimum absolute atomic E-state index is 0.151. The van der Waals surface area contributed by atoms with Crippen LogP contribution in [0.25, 0.3) is 0 Å². The number of hydrogen-bond acceptors (Lipinski definition) is 3. The lowest BCUT2D eigenvalue weighted by molar-refractivity contribution is 0.0632. The first-order chi connectivity index (χ1) is 10.2. The number of hydrogen-bond donors (Lipinski definition) is 1. The molecule has 1 aliphatic rings. The Morgan fingerprint density at radius 3 is 2.43 bits per heavy atom. The maximum absolute atomic E-state index is 12.7. The largest absolute Gasteiger partial charge is 0.387 e. The monoisotopic (exact) mass is 289 g/mol. The molecule has 1 saturated heterocycles. The van der Waals surface area contributed by atoms with Crippen molar-refractivity contribution in [3.05, 3.63) is 29.8 Å². The number of amides is 1. The third kappa shape index (κ3) is 3.56. The number of para-hydroxylation sites is 1. The fraction of sp³-hybridized carbons (Fsp3) is 0.588. The fourth-order valence-electron chi connectivity index (χ4n) is 3.23. The normalized spacial score (nSPS) is 16.3. The molecule has 116 valence electrons. The predicted molar refractivity (Wildman–Crippen MR) is 87.8 cm³/mol. The Morgan fingerprint density at radius 1 is 1.24 bits per heavy atom. The standard InChI is InChI=1S/C17H27N3O/c1-4-19(5-2)14-10-12-20(13-11-14)17(21)15-8-6-7-9-16(15)18-3/h6-9,14,18H,4-5,10-13H2,1-3H3. The van der Waals surface area contributed by atoms with Crippen molar-refractivity contribution in [2.45, 2.75) is 32.7 Å². The summed E-state index contributed by atoms with van der Waals surface area (Å²) in [4.78, 5) is 17.2. The van der Waals surface area contributed by atoms with Crippen molar-refractivity contribution in [1.82, 2.24) is 9.80 Å². The van der Waals surface area contributed by atoms with Gasteiger partial charge in [-0.05, 0) is 38.1 Å². The lowest BCUT2D eigenvalue weighted by Crippen LogP contribution is -2.46. The van der Waals surface area contributed by atoms with Gasteiger partial charge in [0.05, 0.1) is 5.56 Å². The Labute approximate surface area is 128 Å². The quantitative estimate of drug-likeness (QED) is 0.905. The zero-order chi connectivity index (χ0) is 15.2. The average molecular weight is 289 g/mol. The molecule has 1 aliphatic heterocycles. The second kappa shape index (κ2) is 7.46. The van der Waals surface area contributed by atoms with Crippen LogP contribution in [0.3, 0.4) is 0 Å². The molecule has 21 heavy (non-hydrogen) atoms. The van der Waals surface area contributed by atoms with Crippen molar-refractivity contribution < 1.29 is 4.79 Å². The van der Waals surface area contributed by atoms with E-state index >= 15 is 0 Å². The van der Waals surface area contributed by atoms with E-state index in [0.717, 1.165) is 50.3 Å². The van der Waals surface area contributed by atoms with Crippen LogP contribution in [0.2, 0.25) is 0 Å². The molecule has 1 aromatic carbocycles. The van der Waals surface area contributed by atoms with E-state index < -0.39 is 0 Å². The number of anilines is 1. The summed E-state index contributed by atoms with van der Waals surface area (Å²) in [6.07, 6.45) is 2.16. The highest BCUT2D eigenvalue weighted by molar-refractivity contribution is 5.99. The Balaban J connectivity index is 2.00. The Hall–Kier alpha value is -1.55. The number of likely N-dealkylation sites (tertiary alicyclic amines) is 1. The summed E-state index contributed by atoms with van der Waals surface area (Å²) in [7, 11) is 1.86. The number of carbonyl (C=O) groups excluding carboxylic acids is 1. The molecule has 0 radical (unpaired) electrons. The Bertz CT molecular complexity index is 463. The van der Waals surface area contributed by atoms with Crippen LogP contribution in [0.5, 0.6) is 0 Å². The maximum Gasteiger partial charge on any atom is 0.255 e. The van der Waals surface area contributed by atoms with Crippen molar-refractivity contribution in [2.24, 2.45) is 0 Å². The van der Waals surface area contributed by atoms with Gasteiger partial charge in [-0.3, -0.25) is 4.79 Å². The first-order valence-corrected chi connectivity index (χ1v) is 8.01. The summed E-state index contributed by atoms with van der Waals surface area (Å²) in [5.74, 6) is 0.151. The van der Waals surface area contributed by atoms with Crippen LogP contribution < -0.4 is 5.32 Å². The number of benzene rings is 1. The van der Waals surface area contributed by atoms with Gasteiger partial charge in [-0.2, -0.15) is 0 Å². The molecule has 1 aromatic rings. The molecule has 0 bridgehead atoms. The van der Waals surface area contributed by atoms with Crippen LogP contribution in [0.4, 0.5) is 5.69 Å². The summed E-state index contributed by atoms with van der Waals surface area (Å²) in [6.45, 7) is 8.33. The van der Waals surface area contributed by atoms with Crippen molar-refractivity contribution in [2.75, 3.05) is 38.5 Å². The lowest BCUT2D eigenvalue weighted by Gasteiger charge is -2.37. The van der Waals surface area contributed by atoms with Crippen LogP contribution in [0.1, 0.15) is 37.0 Å². The second-order valence-electron chi connectivity index (χ2n) is 5.54. The average Bonchev–Trinajstić information content (AvgIpc) is 2.56. The van der Waals surface area contributed by atoms with E-state index in [4.69, 9.17) is 0 Å². The van der Waals surface area contributed by atoms with Gasteiger partial charge in [0.15, 0.2) is 0 Å². The molecule has 1 heterocycles. The highest BCUT2D eigenvalue weighted by atomic mass is 16.2. The summed E-state index contributed by atoms with van der Waals surface area (Å²) in [6, 6.07) is 8.37. The minimum Gasteiger partial charge on any atom is -0.387 e. The highest BCUT2D eigenvalue weighted by Gasteiger charge is 2.26. The minimum atomic E-state index is 0.151. The van der Waals surface area contributed by atoms with Crippen LogP contribution in [-0.2, 0) is 0 Å². The topological polar surface area (TPSA) is 35.6 Å². The van der Waals surface area contributed by atoms with E-state index in [9.17, 15) is 4.79 Å². The second-order valence-corrected chi connectivity index (χ2v) is 5.54. The number of carbonyl (C=O) groups is 1. The van der Waals surface area contributed by atoms with Crippen LogP contribution >= 0.6 is 0 Å².